The molecule has 1 saturated heterocycles. The molecule has 0 radical (unpaired) electrons. The highest BCUT2D eigenvalue weighted by atomic mass is 16.5. The minimum Gasteiger partial charge on any atom is -0.381 e. The van der Waals surface area contributed by atoms with Crippen molar-refractivity contribution in [3.63, 3.8) is 0 Å². The molecular formula is C14H24N4O. The number of aromatic nitrogens is 2. The second-order valence-electron chi connectivity index (χ2n) is 5.10. The molecule has 5 nitrogen and oxygen atoms in total. The van der Waals surface area contributed by atoms with Crippen LogP contribution in [0.4, 0.5) is 11.8 Å². The maximum absolute atomic E-state index is 5.38. The molecule has 0 amide bonds. The van der Waals surface area contributed by atoms with Crippen molar-refractivity contribution in [3.8, 4) is 0 Å². The van der Waals surface area contributed by atoms with Crippen LogP contribution in [0, 0.1) is 12.8 Å². The minimum absolute atomic E-state index is 0.701. The van der Waals surface area contributed by atoms with Gasteiger partial charge in [0.15, 0.2) is 0 Å². The van der Waals surface area contributed by atoms with Gasteiger partial charge in [0, 0.05) is 38.1 Å². The van der Waals surface area contributed by atoms with Gasteiger partial charge in [-0.1, -0.05) is 6.92 Å². The van der Waals surface area contributed by atoms with Crippen LogP contribution < -0.4 is 10.6 Å². The number of anilines is 2. The SMILES string of the molecule is CCCNc1ncc(C)c(NCCC2CCOC2)n1. The molecule has 19 heavy (non-hydrogen) atoms. The van der Waals surface area contributed by atoms with Crippen LogP contribution in [-0.2, 0) is 4.74 Å². The molecule has 1 aliphatic rings. The first-order valence-corrected chi connectivity index (χ1v) is 7.18. The Kier molecular flexibility index (Phi) is 5.39. The van der Waals surface area contributed by atoms with E-state index in [4.69, 9.17) is 4.74 Å². The maximum Gasteiger partial charge on any atom is 0.224 e. The molecule has 1 atom stereocenters. The van der Waals surface area contributed by atoms with Gasteiger partial charge < -0.3 is 15.4 Å². The van der Waals surface area contributed by atoms with Gasteiger partial charge in [-0.3, -0.25) is 0 Å². The normalized spacial score (nSPS) is 18.5. The smallest absolute Gasteiger partial charge is 0.224 e. The van der Waals surface area contributed by atoms with Crippen LogP contribution in [0.25, 0.3) is 0 Å². The molecule has 1 aromatic heterocycles. The fraction of sp³-hybridized carbons (Fsp3) is 0.714. The first kappa shape index (κ1) is 14.1. The van der Waals surface area contributed by atoms with Gasteiger partial charge >= 0.3 is 0 Å². The van der Waals surface area contributed by atoms with Crippen molar-refractivity contribution < 1.29 is 4.74 Å². The number of aryl methyl sites for hydroxylation is 1. The first-order chi connectivity index (χ1) is 9.29. The van der Waals surface area contributed by atoms with E-state index in [-0.39, 0.29) is 0 Å². The molecule has 2 rings (SSSR count). The van der Waals surface area contributed by atoms with E-state index in [0.717, 1.165) is 50.5 Å². The Labute approximate surface area is 115 Å². The summed E-state index contributed by atoms with van der Waals surface area (Å²) in [5.74, 6) is 2.35. The van der Waals surface area contributed by atoms with Crippen LogP contribution in [0.3, 0.4) is 0 Å². The predicted molar refractivity (Wildman–Crippen MR) is 77.6 cm³/mol. The summed E-state index contributed by atoms with van der Waals surface area (Å²) in [5, 5.41) is 6.62. The number of hydrogen-bond donors (Lipinski definition) is 2. The van der Waals surface area contributed by atoms with Crippen LogP contribution in [-0.4, -0.2) is 36.3 Å². The van der Waals surface area contributed by atoms with E-state index in [1.165, 1.54) is 6.42 Å². The van der Waals surface area contributed by atoms with E-state index in [1.54, 1.807) is 0 Å². The van der Waals surface area contributed by atoms with E-state index < -0.39 is 0 Å². The maximum atomic E-state index is 5.38. The Balaban J connectivity index is 1.83. The molecule has 5 heteroatoms. The van der Waals surface area contributed by atoms with Crippen LogP contribution in [0.2, 0.25) is 0 Å². The third-order valence-corrected chi connectivity index (χ3v) is 3.37. The lowest BCUT2D eigenvalue weighted by Gasteiger charge is -2.12. The summed E-state index contributed by atoms with van der Waals surface area (Å²) in [6, 6.07) is 0. The Morgan fingerprint density at radius 3 is 3.00 bits per heavy atom. The van der Waals surface area contributed by atoms with Gasteiger partial charge in [-0.05, 0) is 32.1 Å². The highest BCUT2D eigenvalue weighted by molar-refractivity contribution is 5.46. The Morgan fingerprint density at radius 2 is 2.26 bits per heavy atom. The topological polar surface area (TPSA) is 59.1 Å². The Hall–Kier alpha value is -1.36. The predicted octanol–water partition coefficient (Wildman–Crippen LogP) is 2.45. The molecule has 2 N–H and O–H groups in total. The zero-order valence-corrected chi connectivity index (χ0v) is 11.9. The zero-order chi connectivity index (χ0) is 13.5. The number of rotatable bonds is 7. The lowest BCUT2D eigenvalue weighted by atomic mass is 10.1. The van der Waals surface area contributed by atoms with Gasteiger partial charge in [0.25, 0.3) is 0 Å². The monoisotopic (exact) mass is 264 g/mol. The number of nitrogens with zero attached hydrogens (tertiary/aromatic N) is 2. The van der Waals surface area contributed by atoms with Gasteiger partial charge in [-0.2, -0.15) is 4.98 Å². The van der Waals surface area contributed by atoms with Crippen molar-refractivity contribution >= 4 is 11.8 Å². The molecule has 1 fully saturated rings. The van der Waals surface area contributed by atoms with E-state index >= 15 is 0 Å². The fourth-order valence-corrected chi connectivity index (χ4v) is 2.15. The number of hydrogen-bond acceptors (Lipinski definition) is 5. The van der Waals surface area contributed by atoms with Gasteiger partial charge in [0.1, 0.15) is 5.82 Å². The van der Waals surface area contributed by atoms with Crippen molar-refractivity contribution in [3.05, 3.63) is 11.8 Å². The molecule has 0 bridgehead atoms. The summed E-state index contributed by atoms with van der Waals surface area (Å²) >= 11 is 0. The quantitative estimate of drug-likeness (QED) is 0.792. The van der Waals surface area contributed by atoms with Crippen LogP contribution >= 0.6 is 0 Å². The molecule has 1 unspecified atom stereocenters. The summed E-state index contributed by atoms with van der Waals surface area (Å²) < 4.78 is 5.38. The molecule has 1 aromatic rings. The highest BCUT2D eigenvalue weighted by Crippen LogP contribution is 2.17. The largest absolute Gasteiger partial charge is 0.381 e. The molecule has 0 saturated carbocycles. The Morgan fingerprint density at radius 1 is 1.37 bits per heavy atom. The third-order valence-electron chi connectivity index (χ3n) is 3.37. The summed E-state index contributed by atoms with van der Waals surface area (Å²) in [4.78, 5) is 8.79. The summed E-state index contributed by atoms with van der Waals surface area (Å²) in [5.41, 5.74) is 1.09. The van der Waals surface area contributed by atoms with Crippen LogP contribution in [0.15, 0.2) is 6.20 Å². The number of nitrogens with one attached hydrogen (secondary N) is 2. The summed E-state index contributed by atoms with van der Waals surface area (Å²) in [6.07, 6.45) is 5.27. The average molecular weight is 264 g/mol. The summed E-state index contributed by atoms with van der Waals surface area (Å²) in [6.45, 7) is 7.84. The number of ether oxygens (including phenoxy) is 1. The van der Waals surface area contributed by atoms with E-state index in [9.17, 15) is 0 Å². The molecular weight excluding hydrogens is 240 g/mol. The first-order valence-electron chi connectivity index (χ1n) is 7.18. The van der Waals surface area contributed by atoms with Crippen molar-refractivity contribution in [1.29, 1.82) is 0 Å². The van der Waals surface area contributed by atoms with Crippen LogP contribution in [0.5, 0.6) is 0 Å². The lowest BCUT2D eigenvalue weighted by Crippen LogP contribution is -2.12. The third kappa shape index (κ3) is 4.35. The molecule has 0 aromatic carbocycles. The standard InChI is InChI=1S/C14H24N4O/c1-3-6-16-14-17-9-11(2)13(18-14)15-7-4-12-5-8-19-10-12/h9,12H,3-8,10H2,1-2H3,(H2,15,16,17,18). The molecule has 106 valence electrons. The van der Waals surface area contributed by atoms with Crippen LogP contribution in [0.1, 0.15) is 31.7 Å². The summed E-state index contributed by atoms with van der Waals surface area (Å²) in [7, 11) is 0. The zero-order valence-electron chi connectivity index (χ0n) is 11.9. The van der Waals surface area contributed by atoms with E-state index in [0.29, 0.717) is 11.9 Å². The Bertz CT molecular complexity index is 391. The fourth-order valence-electron chi connectivity index (χ4n) is 2.15. The van der Waals surface area contributed by atoms with Gasteiger partial charge in [-0.15, -0.1) is 0 Å². The minimum atomic E-state index is 0.701. The van der Waals surface area contributed by atoms with Crippen molar-refractivity contribution in [1.82, 2.24) is 9.97 Å². The van der Waals surface area contributed by atoms with Gasteiger partial charge in [0.2, 0.25) is 5.95 Å². The van der Waals surface area contributed by atoms with Gasteiger partial charge in [-0.25, -0.2) is 4.98 Å². The van der Waals surface area contributed by atoms with Crippen molar-refractivity contribution in [2.45, 2.75) is 33.1 Å². The molecule has 0 aliphatic carbocycles. The van der Waals surface area contributed by atoms with E-state index in [1.807, 2.05) is 13.1 Å². The van der Waals surface area contributed by atoms with Gasteiger partial charge in [0.05, 0.1) is 0 Å². The highest BCUT2D eigenvalue weighted by Gasteiger charge is 2.15. The second-order valence-corrected chi connectivity index (χ2v) is 5.10. The molecule has 2 heterocycles. The van der Waals surface area contributed by atoms with Crippen molar-refractivity contribution in [2.75, 3.05) is 36.9 Å². The lowest BCUT2D eigenvalue weighted by molar-refractivity contribution is 0.185. The molecule has 1 aliphatic heterocycles. The molecule has 0 spiro atoms. The van der Waals surface area contributed by atoms with E-state index in [2.05, 4.69) is 27.5 Å². The van der Waals surface area contributed by atoms with Crippen molar-refractivity contribution in [2.24, 2.45) is 5.92 Å². The second kappa shape index (κ2) is 7.28. The average Bonchev–Trinajstić information content (AvgIpc) is 2.92.